The molecule has 0 saturated heterocycles. The molecule has 2 aliphatic rings. The number of benzene rings is 2. The predicted molar refractivity (Wildman–Crippen MR) is 106 cm³/mol. The van der Waals surface area contributed by atoms with Crippen LogP contribution in [0.2, 0.25) is 0 Å². The number of hydrogen-bond acceptors (Lipinski definition) is 3. The molecule has 1 saturated carbocycles. The lowest BCUT2D eigenvalue weighted by Gasteiger charge is -2.38. The highest BCUT2D eigenvalue weighted by Crippen LogP contribution is 2.44. The monoisotopic (exact) mass is 365 g/mol. The Hall–Kier alpha value is -2.33. The zero-order valence-corrected chi connectivity index (χ0v) is 15.8. The van der Waals surface area contributed by atoms with Gasteiger partial charge in [-0.3, -0.25) is 0 Å². The van der Waals surface area contributed by atoms with E-state index in [1.54, 1.807) is 0 Å². The minimum absolute atomic E-state index is 0.0378. The van der Waals surface area contributed by atoms with E-state index in [0.29, 0.717) is 12.5 Å². The highest BCUT2D eigenvalue weighted by molar-refractivity contribution is 5.79. The van der Waals surface area contributed by atoms with Gasteiger partial charge in [0.25, 0.3) is 0 Å². The first kappa shape index (κ1) is 18.1. The van der Waals surface area contributed by atoms with Crippen molar-refractivity contribution >= 4 is 6.09 Å². The highest BCUT2D eigenvalue weighted by atomic mass is 16.5. The summed E-state index contributed by atoms with van der Waals surface area (Å²) >= 11 is 0. The van der Waals surface area contributed by atoms with Crippen molar-refractivity contribution in [2.45, 2.75) is 44.1 Å². The summed E-state index contributed by atoms with van der Waals surface area (Å²) < 4.78 is 5.63. The first-order valence-corrected chi connectivity index (χ1v) is 9.86. The molecule has 0 radical (unpaired) electrons. The quantitative estimate of drug-likeness (QED) is 0.841. The average molecular weight is 365 g/mol. The van der Waals surface area contributed by atoms with Gasteiger partial charge in [0.1, 0.15) is 6.61 Å². The van der Waals surface area contributed by atoms with Gasteiger partial charge in [-0.2, -0.15) is 0 Å². The van der Waals surface area contributed by atoms with Gasteiger partial charge in [0, 0.05) is 5.92 Å². The number of aliphatic hydroxyl groups excluding tert-OH is 1. The molecule has 0 unspecified atom stereocenters. The van der Waals surface area contributed by atoms with E-state index in [-0.39, 0.29) is 12.5 Å². The highest BCUT2D eigenvalue weighted by Gasteiger charge is 2.36. The largest absolute Gasteiger partial charge is 0.449 e. The Morgan fingerprint density at radius 3 is 2.19 bits per heavy atom. The maximum atomic E-state index is 12.5. The third kappa shape index (κ3) is 3.46. The van der Waals surface area contributed by atoms with Crippen LogP contribution in [-0.2, 0) is 4.74 Å². The van der Waals surface area contributed by atoms with Crippen LogP contribution in [0.4, 0.5) is 4.79 Å². The number of fused-ring (bicyclic) bond motifs is 3. The Morgan fingerprint density at radius 2 is 1.63 bits per heavy atom. The van der Waals surface area contributed by atoms with Crippen LogP contribution >= 0.6 is 0 Å². The minimum atomic E-state index is -0.533. The first-order chi connectivity index (χ1) is 13.1. The van der Waals surface area contributed by atoms with Crippen molar-refractivity contribution in [2.75, 3.05) is 13.2 Å². The molecule has 0 aliphatic heterocycles. The first-order valence-electron chi connectivity index (χ1n) is 9.86. The molecular formula is C23H27NO3. The second-order valence-corrected chi connectivity index (χ2v) is 8.07. The summed E-state index contributed by atoms with van der Waals surface area (Å²) in [6, 6.07) is 16.6. The molecule has 2 aromatic carbocycles. The maximum Gasteiger partial charge on any atom is 0.407 e. The van der Waals surface area contributed by atoms with Crippen LogP contribution < -0.4 is 5.32 Å². The molecule has 0 bridgehead atoms. The molecule has 4 nitrogen and oxygen atoms in total. The normalized spacial score (nSPS) is 24.1. The summed E-state index contributed by atoms with van der Waals surface area (Å²) in [6.07, 6.45) is 3.21. The summed E-state index contributed by atoms with van der Waals surface area (Å²) in [5.41, 5.74) is 4.31. The predicted octanol–water partition coefficient (Wildman–Crippen LogP) is 4.47. The Labute approximate surface area is 160 Å². The van der Waals surface area contributed by atoms with Gasteiger partial charge in [-0.15, -0.1) is 0 Å². The average Bonchev–Trinajstić information content (AvgIpc) is 3.02. The number of alkyl carbamates (subject to hydrolysis) is 1. The summed E-state index contributed by atoms with van der Waals surface area (Å²) in [7, 11) is 0. The fraction of sp³-hybridized carbons (Fsp3) is 0.435. The molecule has 4 heteroatoms. The Balaban J connectivity index is 1.45. The Bertz CT molecular complexity index is 778. The summed E-state index contributed by atoms with van der Waals surface area (Å²) in [4.78, 5) is 12.5. The van der Waals surface area contributed by atoms with Gasteiger partial charge in [-0.1, -0.05) is 55.5 Å². The number of rotatable bonds is 4. The molecular weight excluding hydrogens is 338 g/mol. The van der Waals surface area contributed by atoms with Crippen molar-refractivity contribution in [1.29, 1.82) is 0 Å². The van der Waals surface area contributed by atoms with Gasteiger partial charge in [-0.25, -0.2) is 4.79 Å². The van der Waals surface area contributed by atoms with Crippen LogP contribution in [0.5, 0.6) is 0 Å². The Morgan fingerprint density at radius 1 is 1.07 bits per heavy atom. The smallest absolute Gasteiger partial charge is 0.407 e. The van der Waals surface area contributed by atoms with Crippen LogP contribution in [0.3, 0.4) is 0 Å². The number of carbonyl (C=O) groups excluding carboxylic acids is 1. The molecule has 4 rings (SSSR count). The summed E-state index contributed by atoms with van der Waals surface area (Å²) in [5.74, 6) is 0.702. The van der Waals surface area contributed by atoms with E-state index < -0.39 is 11.6 Å². The van der Waals surface area contributed by atoms with Gasteiger partial charge in [-0.05, 0) is 53.9 Å². The zero-order chi connectivity index (χ0) is 18.9. The van der Waals surface area contributed by atoms with Crippen LogP contribution in [0.1, 0.15) is 49.7 Å². The van der Waals surface area contributed by atoms with Crippen molar-refractivity contribution in [3.05, 3.63) is 59.7 Å². The number of carbonyl (C=O) groups is 1. The van der Waals surface area contributed by atoms with Crippen LogP contribution in [0.25, 0.3) is 11.1 Å². The second-order valence-electron chi connectivity index (χ2n) is 8.07. The van der Waals surface area contributed by atoms with Crippen LogP contribution in [-0.4, -0.2) is 30.0 Å². The molecule has 0 atom stereocenters. The Kier molecular flexibility index (Phi) is 4.92. The molecule has 1 fully saturated rings. The molecule has 2 N–H and O–H groups in total. The van der Waals surface area contributed by atoms with E-state index in [2.05, 4.69) is 36.5 Å². The SMILES string of the molecule is CC1CCC(CO)(NC(=O)OCC2c3ccccc3-c3ccccc32)CC1. The molecule has 1 amide bonds. The van der Waals surface area contributed by atoms with Crippen molar-refractivity contribution in [3.8, 4) is 11.1 Å². The van der Waals surface area contributed by atoms with E-state index in [1.165, 1.54) is 22.3 Å². The molecule has 0 spiro atoms. The number of hydrogen-bond donors (Lipinski definition) is 2. The van der Waals surface area contributed by atoms with E-state index in [1.807, 2.05) is 24.3 Å². The van der Waals surface area contributed by atoms with Gasteiger partial charge >= 0.3 is 6.09 Å². The van der Waals surface area contributed by atoms with E-state index >= 15 is 0 Å². The molecule has 2 aromatic rings. The van der Waals surface area contributed by atoms with Crippen molar-refractivity contribution < 1.29 is 14.6 Å². The molecule has 2 aliphatic carbocycles. The topological polar surface area (TPSA) is 58.6 Å². The summed E-state index contributed by atoms with van der Waals surface area (Å²) in [5, 5.41) is 12.8. The van der Waals surface area contributed by atoms with Crippen molar-refractivity contribution in [2.24, 2.45) is 5.92 Å². The van der Waals surface area contributed by atoms with Gasteiger partial charge < -0.3 is 15.2 Å². The maximum absolute atomic E-state index is 12.5. The van der Waals surface area contributed by atoms with Crippen molar-refractivity contribution in [1.82, 2.24) is 5.32 Å². The molecule has 27 heavy (non-hydrogen) atoms. The third-order valence-electron chi connectivity index (χ3n) is 6.24. The fourth-order valence-corrected chi connectivity index (χ4v) is 4.49. The third-order valence-corrected chi connectivity index (χ3v) is 6.24. The van der Waals surface area contributed by atoms with Crippen LogP contribution in [0, 0.1) is 5.92 Å². The standard InChI is InChI=1S/C23H27NO3/c1-16-10-12-23(15-25,13-11-16)24-22(26)27-14-21-19-8-4-2-6-17(19)18-7-3-5-9-20(18)21/h2-9,16,21,25H,10-15H2,1H3,(H,24,26). The van der Waals surface area contributed by atoms with Gasteiger partial charge in [0.05, 0.1) is 12.1 Å². The lowest BCUT2D eigenvalue weighted by molar-refractivity contribution is 0.0826. The van der Waals surface area contributed by atoms with Crippen molar-refractivity contribution in [3.63, 3.8) is 0 Å². The van der Waals surface area contributed by atoms with E-state index in [9.17, 15) is 9.90 Å². The minimum Gasteiger partial charge on any atom is -0.449 e. The summed E-state index contributed by atoms with van der Waals surface area (Å²) in [6.45, 7) is 2.48. The van der Waals surface area contributed by atoms with Gasteiger partial charge in [0.15, 0.2) is 0 Å². The zero-order valence-electron chi connectivity index (χ0n) is 15.8. The second kappa shape index (κ2) is 7.35. The van der Waals surface area contributed by atoms with Crippen LogP contribution in [0.15, 0.2) is 48.5 Å². The lowest BCUT2D eigenvalue weighted by atomic mass is 9.77. The number of aliphatic hydroxyl groups is 1. The van der Waals surface area contributed by atoms with E-state index in [4.69, 9.17) is 4.74 Å². The number of ether oxygens (including phenoxy) is 1. The number of nitrogens with one attached hydrogen (secondary N) is 1. The molecule has 0 heterocycles. The lowest BCUT2D eigenvalue weighted by Crippen LogP contribution is -2.53. The number of amides is 1. The molecule has 0 aromatic heterocycles. The van der Waals surface area contributed by atoms with E-state index in [0.717, 1.165) is 25.7 Å². The fourth-order valence-electron chi connectivity index (χ4n) is 4.49. The molecule has 142 valence electrons. The van der Waals surface area contributed by atoms with Gasteiger partial charge in [0.2, 0.25) is 0 Å².